The Bertz CT molecular complexity index is 1440. The average molecular weight is 485 g/mol. The molecule has 3 aromatic heterocycles. The number of nitrogens with one attached hydrogen (secondary N) is 1. The Morgan fingerprint density at radius 3 is 2.76 bits per heavy atom. The van der Waals surface area contributed by atoms with Crippen molar-refractivity contribution in [3.05, 3.63) is 56.8 Å². The lowest BCUT2D eigenvalue weighted by atomic mass is 10.2. The van der Waals surface area contributed by atoms with E-state index >= 15 is 0 Å². The second kappa shape index (κ2) is 9.37. The molecule has 0 saturated carbocycles. The highest BCUT2D eigenvalue weighted by atomic mass is 32.2. The molecule has 4 heterocycles. The van der Waals surface area contributed by atoms with Gasteiger partial charge >= 0.3 is 5.69 Å². The van der Waals surface area contributed by atoms with Crippen molar-refractivity contribution >= 4 is 22.9 Å². The summed E-state index contributed by atoms with van der Waals surface area (Å²) in [5, 5.41) is 8.58. The third-order valence-electron chi connectivity index (χ3n) is 5.55. The molecule has 0 unspecified atom stereocenters. The van der Waals surface area contributed by atoms with Crippen LogP contribution in [0.3, 0.4) is 0 Å². The first-order valence-electron chi connectivity index (χ1n) is 11.2. The molecule has 11 nitrogen and oxygen atoms in total. The summed E-state index contributed by atoms with van der Waals surface area (Å²) >= 11 is 1.30. The van der Waals surface area contributed by atoms with Gasteiger partial charge in [-0.1, -0.05) is 37.2 Å². The van der Waals surface area contributed by atoms with Crippen molar-refractivity contribution in [3.8, 4) is 11.5 Å². The zero-order chi connectivity index (χ0) is 23.7. The molecular formula is C22H24N6O5S. The molecule has 178 valence electrons. The van der Waals surface area contributed by atoms with E-state index in [0.717, 1.165) is 12.8 Å². The number of ether oxygens (including phenoxy) is 2. The van der Waals surface area contributed by atoms with E-state index in [9.17, 15) is 9.59 Å². The van der Waals surface area contributed by atoms with Crippen molar-refractivity contribution in [2.24, 2.45) is 0 Å². The number of aromatic amines is 1. The third-order valence-corrected chi connectivity index (χ3v) is 6.36. The van der Waals surface area contributed by atoms with Crippen molar-refractivity contribution in [2.45, 2.75) is 56.9 Å². The summed E-state index contributed by atoms with van der Waals surface area (Å²) in [6, 6.07) is 7.41. The Balaban J connectivity index is 1.37. The second-order valence-electron chi connectivity index (χ2n) is 7.77. The SMILES string of the molecule is CCCCn1c(=O)[nH]c(=O)c2c1nc(CSc1nnc([C@H]3COc4ccccc4O3)o1)n2CC. The number of rotatable bonds is 8. The smallest absolute Gasteiger partial charge is 0.330 e. The van der Waals surface area contributed by atoms with E-state index in [1.54, 1.807) is 0 Å². The van der Waals surface area contributed by atoms with Crippen molar-refractivity contribution in [1.82, 2.24) is 29.3 Å². The van der Waals surface area contributed by atoms with Crippen molar-refractivity contribution in [3.63, 3.8) is 0 Å². The molecule has 0 radical (unpaired) electrons. The molecule has 0 spiro atoms. The number of fused-ring (bicyclic) bond motifs is 2. The average Bonchev–Trinajstić information content (AvgIpc) is 3.47. The summed E-state index contributed by atoms with van der Waals surface area (Å²) in [7, 11) is 0. The normalized spacial score (nSPS) is 15.2. The number of unbranched alkanes of at least 4 members (excludes halogenated alkanes) is 1. The van der Waals surface area contributed by atoms with Crippen LogP contribution in [0.1, 0.15) is 44.5 Å². The number of imidazole rings is 1. The van der Waals surface area contributed by atoms with Gasteiger partial charge in [0.25, 0.3) is 16.7 Å². The lowest BCUT2D eigenvalue weighted by Crippen LogP contribution is -2.31. The van der Waals surface area contributed by atoms with Gasteiger partial charge in [-0.3, -0.25) is 14.3 Å². The van der Waals surface area contributed by atoms with Gasteiger partial charge in [-0.05, 0) is 25.5 Å². The Labute approximate surface area is 198 Å². The minimum atomic E-state index is -0.497. The molecule has 34 heavy (non-hydrogen) atoms. The van der Waals surface area contributed by atoms with Gasteiger partial charge in [-0.25, -0.2) is 9.78 Å². The standard InChI is InChI=1S/C22H24N6O5S/c1-3-5-10-28-18-17(19(29)24-21(28)30)27(4-2)16(23-18)12-34-22-26-25-20(33-22)15-11-31-13-8-6-7-9-14(13)32-15/h6-9,15H,3-5,10-12H2,1-2H3,(H,24,29,30)/t15-/m1/s1. The van der Waals surface area contributed by atoms with E-state index < -0.39 is 17.4 Å². The van der Waals surface area contributed by atoms with Gasteiger partial charge in [0.15, 0.2) is 22.7 Å². The fourth-order valence-electron chi connectivity index (χ4n) is 3.87. The number of benzene rings is 1. The number of aryl methyl sites for hydroxylation is 2. The van der Waals surface area contributed by atoms with Crippen LogP contribution in [0.15, 0.2) is 43.5 Å². The maximum Gasteiger partial charge on any atom is 0.330 e. The van der Waals surface area contributed by atoms with E-state index in [0.29, 0.717) is 58.4 Å². The van der Waals surface area contributed by atoms with Crippen molar-refractivity contribution in [2.75, 3.05) is 6.61 Å². The van der Waals surface area contributed by atoms with Gasteiger partial charge in [0.2, 0.25) is 6.10 Å². The largest absolute Gasteiger partial charge is 0.485 e. The molecule has 0 aliphatic carbocycles. The number of thioether (sulfide) groups is 1. The molecule has 0 saturated heterocycles. The Kier molecular flexibility index (Phi) is 6.14. The lowest BCUT2D eigenvalue weighted by Gasteiger charge is -2.23. The molecule has 1 aliphatic heterocycles. The molecule has 12 heteroatoms. The van der Waals surface area contributed by atoms with Gasteiger partial charge < -0.3 is 18.5 Å². The summed E-state index contributed by atoms with van der Waals surface area (Å²) in [6.07, 6.45) is 1.24. The predicted molar refractivity (Wildman–Crippen MR) is 124 cm³/mol. The summed E-state index contributed by atoms with van der Waals surface area (Å²) in [4.78, 5) is 32.0. The quantitative estimate of drug-likeness (QED) is 0.375. The third kappa shape index (κ3) is 4.09. The van der Waals surface area contributed by atoms with E-state index in [2.05, 4.69) is 20.2 Å². The van der Waals surface area contributed by atoms with Crippen molar-refractivity contribution < 1.29 is 13.9 Å². The van der Waals surface area contributed by atoms with Crippen LogP contribution in [0.4, 0.5) is 0 Å². The van der Waals surface area contributed by atoms with Gasteiger partial charge in [-0.2, -0.15) is 0 Å². The summed E-state index contributed by atoms with van der Waals surface area (Å²) in [5.41, 5.74) is -0.0828. The molecule has 0 amide bonds. The lowest BCUT2D eigenvalue weighted by molar-refractivity contribution is 0.0686. The van der Waals surface area contributed by atoms with Gasteiger partial charge in [0, 0.05) is 13.1 Å². The van der Waals surface area contributed by atoms with Crippen molar-refractivity contribution in [1.29, 1.82) is 0 Å². The van der Waals surface area contributed by atoms with Crippen LogP contribution in [-0.2, 0) is 18.8 Å². The maximum atomic E-state index is 12.6. The maximum absolute atomic E-state index is 12.6. The minimum Gasteiger partial charge on any atom is -0.485 e. The van der Waals surface area contributed by atoms with Crippen LogP contribution in [0, 0.1) is 0 Å². The van der Waals surface area contributed by atoms with Gasteiger partial charge in [-0.15, -0.1) is 10.2 Å². The number of hydrogen-bond donors (Lipinski definition) is 1. The number of para-hydroxylation sites is 2. The zero-order valence-electron chi connectivity index (χ0n) is 18.8. The Hall–Kier alpha value is -3.54. The predicted octanol–water partition coefficient (Wildman–Crippen LogP) is 2.89. The van der Waals surface area contributed by atoms with E-state index in [1.807, 2.05) is 42.7 Å². The molecule has 1 atom stereocenters. The van der Waals surface area contributed by atoms with Gasteiger partial charge in [0.05, 0.1) is 5.75 Å². The van der Waals surface area contributed by atoms with Crippen LogP contribution in [0.5, 0.6) is 11.5 Å². The number of hydrogen-bond acceptors (Lipinski definition) is 9. The van der Waals surface area contributed by atoms with E-state index in [-0.39, 0.29) is 6.61 Å². The van der Waals surface area contributed by atoms with Crippen LogP contribution in [0.25, 0.3) is 11.2 Å². The number of nitrogens with zero attached hydrogens (tertiary/aromatic N) is 5. The highest BCUT2D eigenvalue weighted by molar-refractivity contribution is 7.98. The molecule has 0 fully saturated rings. The molecule has 1 N–H and O–H groups in total. The topological polar surface area (TPSA) is 130 Å². The Morgan fingerprint density at radius 2 is 1.97 bits per heavy atom. The fraction of sp³-hybridized carbons (Fsp3) is 0.409. The molecule has 0 bridgehead atoms. The summed E-state index contributed by atoms with van der Waals surface area (Å²) in [6.45, 7) is 5.27. The van der Waals surface area contributed by atoms with Gasteiger partial charge in [0.1, 0.15) is 12.4 Å². The van der Waals surface area contributed by atoms with Crippen LogP contribution in [0.2, 0.25) is 0 Å². The zero-order valence-corrected chi connectivity index (χ0v) is 19.6. The number of H-pyrrole nitrogens is 1. The molecular weight excluding hydrogens is 460 g/mol. The minimum absolute atomic E-state index is 0.271. The highest BCUT2D eigenvalue weighted by Crippen LogP contribution is 2.36. The monoisotopic (exact) mass is 484 g/mol. The summed E-state index contributed by atoms with van der Waals surface area (Å²) in [5.74, 6) is 2.66. The summed E-state index contributed by atoms with van der Waals surface area (Å²) < 4.78 is 20.8. The second-order valence-corrected chi connectivity index (χ2v) is 8.69. The molecule has 5 rings (SSSR count). The molecule has 4 aromatic rings. The first-order chi connectivity index (χ1) is 16.6. The fourth-order valence-corrected chi connectivity index (χ4v) is 4.58. The van der Waals surface area contributed by atoms with Crippen LogP contribution >= 0.6 is 11.8 Å². The first-order valence-corrected chi connectivity index (χ1v) is 12.1. The van der Waals surface area contributed by atoms with E-state index in [1.165, 1.54) is 16.3 Å². The molecule has 1 aromatic carbocycles. The van der Waals surface area contributed by atoms with Crippen LogP contribution in [-0.4, -0.2) is 35.9 Å². The number of aromatic nitrogens is 6. The van der Waals surface area contributed by atoms with Crippen LogP contribution < -0.4 is 20.7 Å². The Morgan fingerprint density at radius 1 is 1.15 bits per heavy atom. The first kappa shape index (κ1) is 22.3. The highest BCUT2D eigenvalue weighted by Gasteiger charge is 2.27. The molecule has 1 aliphatic rings. The van der Waals surface area contributed by atoms with E-state index in [4.69, 9.17) is 13.9 Å².